The maximum Gasteiger partial charge on any atom is 0.319 e. The minimum absolute atomic E-state index is 0.0654. The smallest absolute Gasteiger partial charge is 0.319 e. The van der Waals surface area contributed by atoms with Crippen molar-refractivity contribution >= 4 is 27.3 Å². The first-order chi connectivity index (χ1) is 10.9. The van der Waals surface area contributed by atoms with E-state index in [4.69, 9.17) is 9.88 Å². The van der Waals surface area contributed by atoms with Crippen LogP contribution < -0.4 is 9.88 Å². The van der Waals surface area contributed by atoms with Crippen LogP contribution in [0.2, 0.25) is 0 Å². The Kier molecular flexibility index (Phi) is 4.38. The number of nitrogens with zero attached hydrogens (tertiary/aromatic N) is 3. The van der Waals surface area contributed by atoms with Gasteiger partial charge in [-0.2, -0.15) is 8.42 Å². The summed E-state index contributed by atoms with van der Waals surface area (Å²) >= 11 is 0. The van der Waals surface area contributed by atoms with Gasteiger partial charge in [0.1, 0.15) is 17.2 Å². The fraction of sp³-hybridized carbons (Fsp3) is 0.357. The van der Waals surface area contributed by atoms with Crippen LogP contribution in [0.15, 0.2) is 28.7 Å². The van der Waals surface area contributed by atoms with Crippen LogP contribution in [0.25, 0.3) is 5.57 Å². The maximum absolute atomic E-state index is 11.4. The van der Waals surface area contributed by atoms with Crippen molar-refractivity contribution in [3.63, 3.8) is 0 Å². The lowest BCUT2D eigenvalue weighted by Gasteiger charge is -2.32. The molecule has 0 bridgehead atoms. The third kappa shape index (κ3) is 3.89. The first-order valence-electron chi connectivity index (χ1n) is 6.91. The normalized spacial score (nSPS) is 16.7. The maximum atomic E-state index is 11.4. The Morgan fingerprint density at radius 1 is 1.38 bits per heavy atom. The number of benzene rings is 1. The molecule has 0 aliphatic carbocycles. The second kappa shape index (κ2) is 5.87. The van der Waals surface area contributed by atoms with E-state index in [9.17, 15) is 18.5 Å². The molecule has 0 saturated heterocycles. The molecule has 0 atom stereocenters. The van der Waals surface area contributed by atoms with Crippen molar-refractivity contribution in [1.82, 2.24) is 4.90 Å². The van der Waals surface area contributed by atoms with Crippen molar-refractivity contribution in [1.29, 1.82) is 0 Å². The van der Waals surface area contributed by atoms with E-state index in [1.807, 2.05) is 0 Å². The number of non-ortho nitro benzene ring substituents is 1. The highest BCUT2D eigenvalue weighted by molar-refractivity contribution is 7.88. The SMILES string of the molecule is CN(C)/C(=N\S(N)(=O)=O)C1=CC(C)(C)Oc2ccc([N+](=O)[O-])cc21. The number of nitro groups is 1. The van der Waals surface area contributed by atoms with Crippen molar-refractivity contribution in [3.05, 3.63) is 40.0 Å². The molecule has 2 rings (SSSR count). The molecule has 0 fully saturated rings. The van der Waals surface area contributed by atoms with Gasteiger partial charge in [-0.05, 0) is 26.0 Å². The number of nitrogens with two attached hydrogens (primary N) is 1. The lowest BCUT2D eigenvalue weighted by atomic mass is 9.93. The summed E-state index contributed by atoms with van der Waals surface area (Å²) in [6, 6.07) is 4.12. The minimum atomic E-state index is -4.15. The van der Waals surface area contributed by atoms with Crippen LogP contribution in [0.1, 0.15) is 19.4 Å². The number of rotatable bonds is 3. The summed E-state index contributed by atoms with van der Waals surface area (Å²) in [4.78, 5) is 12.0. The van der Waals surface area contributed by atoms with E-state index in [0.29, 0.717) is 16.9 Å². The Hall–Kier alpha value is -2.46. The molecule has 9 nitrogen and oxygen atoms in total. The number of amidine groups is 1. The van der Waals surface area contributed by atoms with Gasteiger partial charge in [0, 0.05) is 37.4 Å². The molecule has 24 heavy (non-hydrogen) atoms. The summed E-state index contributed by atoms with van der Waals surface area (Å²) in [6.45, 7) is 3.56. The fourth-order valence-corrected chi connectivity index (χ4v) is 2.85. The zero-order chi connectivity index (χ0) is 18.3. The van der Waals surface area contributed by atoms with Crippen LogP contribution in [0.5, 0.6) is 5.75 Å². The Bertz CT molecular complexity index is 856. The third-order valence-electron chi connectivity index (χ3n) is 3.21. The van der Waals surface area contributed by atoms with Crippen molar-refractivity contribution < 1.29 is 18.1 Å². The van der Waals surface area contributed by atoms with Gasteiger partial charge >= 0.3 is 10.2 Å². The van der Waals surface area contributed by atoms with Gasteiger partial charge in [0.15, 0.2) is 0 Å². The van der Waals surface area contributed by atoms with Crippen LogP contribution in [0.3, 0.4) is 0 Å². The Balaban J connectivity index is 2.76. The van der Waals surface area contributed by atoms with E-state index < -0.39 is 20.7 Å². The first-order valence-corrected chi connectivity index (χ1v) is 8.41. The van der Waals surface area contributed by atoms with Crippen molar-refractivity contribution in [3.8, 4) is 5.75 Å². The predicted octanol–water partition coefficient (Wildman–Crippen LogP) is 1.31. The predicted molar refractivity (Wildman–Crippen MR) is 90.0 cm³/mol. The fourth-order valence-electron chi connectivity index (χ4n) is 2.35. The number of hydrogen-bond donors (Lipinski definition) is 1. The van der Waals surface area contributed by atoms with Crippen molar-refractivity contribution in [2.75, 3.05) is 14.1 Å². The summed E-state index contributed by atoms with van der Waals surface area (Å²) in [6.07, 6.45) is 1.66. The number of hydrogen-bond acceptors (Lipinski definition) is 5. The molecule has 0 spiro atoms. The molecule has 0 aromatic heterocycles. The molecular formula is C14H18N4O5S. The van der Waals surface area contributed by atoms with Gasteiger partial charge in [0.05, 0.1) is 4.92 Å². The van der Waals surface area contributed by atoms with Gasteiger partial charge in [-0.1, -0.05) is 0 Å². The summed E-state index contributed by atoms with van der Waals surface area (Å²) in [5, 5.41) is 16.1. The number of ether oxygens (including phenoxy) is 1. The number of likely N-dealkylation sites (N-methyl/N-ethyl adjacent to an activating group) is 1. The zero-order valence-corrected chi connectivity index (χ0v) is 14.5. The van der Waals surface area contributed by atoms with Crippen LogP contribution in [0.4, 0.5) is 5.69 Å². The van der Waals surface area contributed by atoms with Crippen LogP contribution >= 0.6 is 0 Å². The van der Waals surface area contributed by atoms with Gasteiger partial charge < -0.3 is 9.64 Å². The lowest BCUT2D eigenvalue weighted by molar-refractivity contribution is -0.384. The van der Waals surface area contributed by atoms with E-state index in [-0.39, 0.29) is 11.5 Å². The van der Waals surface area contributed by atoms with Crippen molar-refractivity contribution in [2.24, 2.45) is 9.54 Å². The number of fused-ring (bicyclic) bond motifs is 1. The second-order valence-electron chi connectivity index (χ2n) is 6.03. The number of nitro benzene ring substituents is 1. The lowest BCUT2D eigenvalue weighted by Crippen LogP contribution is -2.34. The Morgan fingerprint density at radius 3 is 2.50 bits per heavy atom. The average Bonchev–Trinajstić information content (AvgIpc) is 2.41. The molecule has 1 heterocycles. The quantitative estimate of drug-likeness (QED) is 0.377. The van der Waals surface area contributed by atoms with E-state index in [2.05, 4.69) is 4.40 Å². The van der Waals surface area contributed by atoms with Crippen LogP contribution in [-0.2, 0) is 10.2 Å². The van der Waals surface area contributed by atoms with E-state index >= 15 is 0 Å². The van der Waals surface area contributed by atoms with E-state index in [1.54, 1.807) is 34.0 Å². The minimum Gasteiger partial charge on any atom is -0.483 e. The standard InChI is InChI=1S/C14H18N4O5S/c1-14(2)8-11(13(17(3)4)16-24(15,21)22)10-7-9(18(19)20)5-6-12(10)23-14/h5-8H,1-4H3,(H2,15,21,22)/b16-13-. The largest absolute Gasteiger partial charge is 0.483 e. The molecule has 0 unspecified atom stereocenters. The topological polar surface area (TPSA) is 128 Å². The summed E-state index contributed by atoms with van der Waals surface area (Å²) in [5.41, 5.74) is -0.131. The van der Waals surface area contributed by atoms with Gasteiger partial charge in [0.25, 0.3) is 5.69 Å². The molecule has 0 amide bonds. The molecule has 1 aliphatic rings. The van der Waals surface area contributed by atoms with Gasteiger partial charge in [-0.3, -0.25) is 10.1 Å². The first kappa shape index (κ1) is 17.9. The summed E-state index contributed by atoms with van der Waals surface area (Å²) < 4.78 is 32.2. The zero-order valence-electron chi connectivity index (χ0n) is 13.7. The van der Waals surface area contributed by atoms with Crippen LogP contribution in [-0.4, -0.2) is 43.8 Å². The molecule has 130 valence electrons. The monoisotopic (exact) mass is 354 g/mol. The molecule has 0 radical (unpaired) electrons. The summed E-state index contributed by atoms with van der Waals surface area (Å²) in [7, 11) is -0.950. The second-order valence-corrected chi connectivity index (χ2v) is 7.24. The third-order valence-corrected chi connectivity index (χ3v) is 3.63. The highest BCUT2D eigenvalue weighted by atomic mass is 32.2. The molecule has 1 aromatic carbocycles. The highest BCUT2D eigenvalue weighted by Crippen LogP contribution is 2.39. The average molecular weight is 354 g/mol. The Morgan fingerprint density at radius 2 is 2.00 bits per heavy atom. The molecule has 2 N–H and O–H groups in total. The molecular weight excluding hydrogens is 336 g/mol. The van der Waals surface area contributed by atoms with Gasteiger partial charge in [0.2, 0.25) is 0 Å². The van der Waals surface area contributed by atoms with E-state index in [1.165, 1.54) is 23.1 Å². The highest BCUT2D eigenvalue weighted by Gasteiger charge is 2.31. The van der Waals surface area contributed by atoms with E-state index in [0.717, 1.165) is 0 Å². The molecule has 1 aromatic rings. The van der Waals surface area contributed by atoms with Gasteiger partial charge in [-0.25, -0.2) is 5.14 Å². The summed E-state index contributed by atoms with van der Waals surface area (Å²) in [5.74, 6) is 0.461. The molecule has 1 aliphatic heterocycles. The Labute approximate surface area is 139 Å². The van der Waals surface area contributed by atoms with Crippen molar-refractivity contribution in [2.45, 2.75) is 19.4 Å². The molecule has 10 heteroatoms. The van der Waals surface area contributed by atoms with Gasteiger partial charge in [-0.15, -0.1) is 4.40 Å². The van der Waals surface area contributed by atoms with Crippen LogP contribution in [0, 0.1) is 10.1 Å². The molecule has 0 saturated carbocycles.